The maximum absolute atomic E-state index is 11.7. The Bertz CT molecular complexity index is 566. The van der Waals surface area contributed by atoms with Crippen molar-refractivity contribution in [3.8, 4) is 5.75 Å². The number of benzene rings is 1. The highest BCUT2D eigenvalue weighted by Gasteiger charge is 2.48. The molecule has 2 N–H and O–H groups in total. The number of rotatable bonds is 2. The number of phenols is 1. The molecule has 3 rings (SSSR count). The van der Waals surface area contributed by atoms with Crippen LogP contribution < -0.4 is 0 Å². The first kappa shape index (κ1) is 13.8. The van der Waals surface area contributed by atoms with Crippen LogP contribution in [-0.4, -0.2) is 46.5 Å². The van der Waals surface area contributed by atoms with Gasteiger partial charge in [-0.25, -0.2) is 4.79 Å². The van der Waals surface area contributed by atoms with Gasteiger partial charge in [-0.1, -0.05) is 23.2 Å². The van der Waals surface area contributed by atoms with E-state index in [1.165, 1.54) is 12.1 Å². The molecule has 2 fully saturated rings. The Morgan fingerprint density at radius 2 is 2.15 bits per heavy atom. The molecule has 0 bridgehead atoms. The Morgan fingerprint density at radius 3 is 2.85 bits per heavy atom. The number of amides is 1. The molecule has 1 aromatic rings. The summed E-state index contributed by atoms with van der Waals surface area (Å²) in [5.41, 5.74) is 0.554. The first-order valence-corrected chi connectivity index (χ1v) is 7.03. The van der Waals surface area contributed by atoms with Crippen LogP contribution in [0.3, 0.4) is 0 Å². The van der Waals surface area contributed by atoms with Crippen LogP contribution in [0, 0.1) is 0 Å². The quantitative estimate of drug-likeness (QED) is 0.878. The van der Waals surface area contributed by atoms with E-state index in [0.717, 1.165) is 0 Å². The van der Waals surface area contributed by atoms with E-state index in [-0.39, 0.29) is 24.3 Å². The zero-order valence-corrected chi connectivity index (χ0v) is 11.9. The first-order valence-electron chi connectivity index (χ1n) is 6.28. The molecule has 108 valence electrons. The standard InChI is InChI=1S/C13H13Cl2NO4/c14-7-1-2-9(18)11(12(7)15)6-3-8-10(5-17)20-13(19)16(8)4-6/h1-2,6,8,10,17-18H,3-5H2/t6-,8-,10-/m0/s1. The maximum atomic E-state index is 11.7. The molecular weight excluding hydrogens is 305 g/mol. The maximum Gasteiger partial charge on any atom is 0.410 e. The molecule has 0 radical (unpaired) electrons. The number of aliphatic hydroxyl groups is 1. The molecule has 2 saturated heterocycles. The number of fused-ring (bicyclic) bond motifs is 1. The number of cyclic esters (lactones) is 1. The zero-order chi connectivity index (χ0) is 14.4. The third kappa shape index (κ3) is 2.01. The predicted octanol–water partition coefficient (Wildman–Crippen LogP) is 2.37. The minimum atomic E-state index is -0.521. The lowest BCUT2D eigenvalue weighted by Crippen LogP contribution is -2.32. The third-order valence-corrected chi connectivity index (χ3v) is 4.78. The van der Waals surface area contributed by atoms with Crippen molar-refractivity contribution in [1.82, 2.24) is 4.90 Å². The molecule has 2 heterocycles. The summed E-state index contributed by atoms with van der Waals surface area (Å²) in [5, 5.41) is 19.9. The highest BCUT2D eigenvalue weighted by Crippen LogP contribution is 2.45. The molecule has 20 heavy (non-hydrogen) atoms. The molecule has 0 spiro atoms. The molecule has 1 amide bonds. The average molecular weight is 318 g/mol. The lowest BCUT2D eigenvalue weighted by atomic mass is 9.94. The Balaban J connectivity index is 1.92. The topological polar surface area (TPSA) is 70.0 Å². The number of hydrogen-bond donors (Lipinski definition) is 2. The molecule has 0 aromatic heterocycles. The van der Waals surface area contributed by atoms with E-state index in [4.69, 9.17) is 27.9 Å². The van der Waals surface area contributed by atoms with E-state index < -0.39 is 12.2 Å². The first-order chi connectivity index (χ1) is 9.52. The minimum absolute atomic E-state index is 0.0690. The molecule has 2 aliphatic rings. The van der Waals surface area contributed by atoms with Gasteiger partial charge in [0.1, 0.15) is 11.9 Å². The highest BCUT2D eigenvalue weighted by atomic mass is 35.5. The van der Waals surface area contributed by atoms with Crippen LogP contribution in [0.2, 0.25) is 10.0 Å². The van der Waals surface area contributed by atoms with Gasteiger partial charge in [0.15, 0.2) is 0 Å². The van der Waals surface area contributed by atoms with Crippen molar-refractivity contribution >= 4 is 29.3 Å². The van der Waals surface area contributed by atoms with Gasteiger partial charge in [0, 0.05) is 18.0 Å². The number of aliphatic hydroxyl groups excluding tert-OH is 1. The Morgan fingerprint density at radius 1 is 1.40 bits per heavy atom. The van der Waals surface area contributed by atoms with Crippen molar-refractivity contribution in [2.45, 2.75) is 24.5 Å². The molecule has 0 aliphatic carbocycles. The predicted molar refractivity (Wildman–Crippen MR) is 73.3 cm³/mol. The second-order valence-electron chi connectivity index (χ2n) is 5.05. The van der Waals surface area contributed by atoms with Crippen molar-refractivity contribution in [1.29, 1.82) is 0 Å². The van der Waals surface area contributed by atoms with Gasteiger partial charge in [0.25, 0.3) is 0 Å². The molecular formula is C13H13Cl2NO4. The summed E-state index contributed by atoms with van der Waals surface area (Å²) in [4.78, 5) is 13.3. The summed E-state index contributed by atoms with van der Waals surface area (Å²) in [5.74, 6) is -0.0485. The monoisotopic (exact) mass is 317 g/mol. The smallest absolute Gasteiger partial charge is 0.410 e. The summed E-state index contributed by atoms with van der Waals surface area (Å²) < 4.78 is 5.06. The summed E-state index contributed by atoms with van der Waals surface area (Å²) in [6.45, 7) is 0.183. The number of hydrogen-bond acceptors (Lipinski definition) is 4. The van der Waals surface area contributed by atoms with Gasteiger partial charge in [0.2, 0.25) is 0 Å². The average Bonchev–Trinajstić information content (AvgIpc) is 2.96. The largest absolute Gasteiger partial charge is 0.508 e. The van der Waals surface area contributed by atoms with Crippen LogP contribution in [-0.2, 0) is 4.74 Å². The second-order valence-corrected chi connectivity index (χ2v) is 5.84. The number of halogens is 2. The summed E-state index contributed by atoms with van der Waals surface area (Å²) >= 11 is 12.1. The van der Waals surface area contributed by atoms with E-state index in [0.29, 0.717) is 28.6 Å². The van der Waals surface area contributed by atoms with Gasteiger partial charge in [-0.2, -0.15) is 0 Å². The fourth-order valence-corrected chi connectivity index (χ4v) is 3.50. The highest BCUT2D eigenvalue weighted by molar-refractivity contribution is 6.42. The van der Waals surface area contributed by atoms with Gasteiger partial charge >= 0.3 is 6.09 Å². The number of nitrogens with zero attached hydrogens (tertiary/aromatic N) is 1. The van der Waals surface area contributed by atoms with Crippen molar-refractivity contribution in [3.63, 3.8) is 0 Å². The molecule has 0 saturated carbocycles. The van der Waals surface area contributed by atoms with Gasteiger partial charge in [0.05, 0.1) is 22.7 Å². The van der Waals surface area contributed by atoms with E-state index in [1.807, 2.05) is 0 Å². The number of aromatic hydroxyl groups is 1. The van der Waals surface area contributed by atoms with Crippen molar-refractivity contribution in [2.24, 2.45) is 0 Å². The number of ether oxygens (including phenoxy) is 1. The van der Waals surface area contributed by atoms with Crippen LogP contribution in [0.25, 0.3) is 0 Å². The van der Waals surface area contributed by atoms with Gasteiger partial charge in [-0.3, -0.25) is 0 Å². The van der Waals surface area contributed by atoms with E-state index in [9.17, 15) is 15.0 Å². The van der Waals surface area contributed by atoms with E-state index in [1.54, 1.807) is 4.90 Å². The molecule has 0 unspecified atom stereocenters. The van der Waals surface area contributed by atoms with E-state index >= 15 is 0 Å². The third-order valence-electron chi connectivity index (χ3n) is 3.96. The molecule has 7 heteroatoms. The SMILES string of the molecule is O=C1O[C@@H](CO)[C@@H]2C[C@H](c3c(O)ccc(Cl)c3Cl)CN12. The molecule has 5 nitrogen and oxygen atoms in total. The summed E-state index contributed by atoms with van der Waals surface area (Å²) in [6.07, 6.45) is -0.383. The summed E-state index contributed by atoms with van der Waals surface area (Å²) in [6, 6.07) is 2.84. The van der Waals surface area contributed by atoms with Crippen LogP contribution in [0.1, 0.15) is 17.9 Å². The fraction of sp³-hybridized carbons (Fsp3) is 0.462. The molecule has 2 aliphatic heterocycles. The molecule has 3 atom stereocenters. The van der Waals surface area contributed by atoms with Gasteiger partial charge < -0.3 is 19.8 Å². The lowest BCUT2D eigenvalue weighted by molar-refractivity contribution is 0.0810. The molecule has 1 aromatic carbocycles. The number of carbonyl (C=O) groups excluding carboxylic acids is 1. The van der Waals surface area contributed by atoms with Crippen LogP contribution in [0.4, 0.5) is 4.79 Å². The zero-order valence-electron chi connectivity index (χ0n) is 10.4. The van der Waals surface area contributed by atoms with Crippen molar-refractivity contribution < 1.29 is 19.7 Å². The fourth-order valence-electron chi connectivity index (χ4n) is 3.02. The Kier molecular flexibility index (Phi) is 3.44. The second kappa shape index (κ2) is 4.98. The number of carbonyl (C=O) groups is 1. The van der Waals surface area contributed by atoms with Crippen molar-refractivity contribution in [3.05, 3.63) is 27.7 Å². The normalized spacial score (nSPS) is 28.6. The van der Waals surface area contributed by atoms with Gasteiger partial charge in [-0.15, -0.1) is 0 Å². The van der Waals surface area contributed by atoms with Gasteiger partial charge in [-0.05, 0) is 18.6 Å². The lowest BCUT2D eigenvalue weighted by Gasteiger charge is -2.16. The van der Waals surface area contributed by atoms with Crippen molar-refractivity contribution in [2.75, 3.05) is 13.2 Å². The summed E-state index contributed by atoms with van der Waals surface area (Å²) in [7, 11) is 0. The van der Waals surface area contributed by atoms with E-state index in [2.05, 4.69) is 0 Å². The minimum Gasteiger partial charge on any atom is -0.508 e. The Labute approximate surface area is 125 Å². The van der Waals surface area contributed by atoms with Crippen LogP contribution in [0.5, 0.6) is 5.75 Å². The Hall–Kier alpha value is -1.17. The van der Waals surface area contributed by atoms with Crippen LogP contribution >= 0.6 is 23.2 Å². The number of phenolic OH excluding ortho intramolecular Hbond substituents is 1. The van der Waals surface area contributed by atoms with Crippen LogP contribution in [0.15, 0.2) is 12.1 Å².